The van der Waals surface area contributed by atoms with Crippen LogP contribution in [0.5, 0.6) is 0 Å². The first-order valence-corrected chi connectivity index (χ1v) is 17.0. The van der Waals surface area contributed by atoms with Crippen LogP contribution < -0.4 is 0 Å². The molecule has 0 saturated heterocycles. The van der Waals surface area contributed by atoms with E-state index in [1.54, 1.807) is 0 Å². The summed E-state index contributed by atoms with van der Waals surface area (Å²) in [5.41, 5.74) is 11.5. The fraction of sp³-hybridized carbons (Fsp3) is 0.0217. The summed E-state index contributed by atoms with van der Waals surface area (Å²) < 4.78 is 13.0. The first kappa shape index (κ1) is 29.1. The molecule has 5 heteroatoms. The lowest BCUT2D eigenvalue weighted by molar-refractivity contribution is 0.666. The Balaban J connectivity index is 1.12. The molecule has 0 unspecified atom stereocenters. The van der Waals surface area contributed by atoms with Gasteiger partial charge in [-0.1, -0.05) is 133 Å². The van der Waals surface area contributed by atoms with Crippen molar-refractivity contribution >= 4 is 43.9 Å². The van der Waals surface area contributed by atoms with Gasteiger partial charge in [0.15, 0.2) is 17.5 Å². The van der Waals surface area contributed by atoms with Gasteiger partial charge in [-0.05, 0) is 59.0 Å². The maximum Gasteiger partial charge on any atom is 0.167 e. The average molecular weight is 656 g/mol. The molecule has 7 aromatic carbocycles. The molecule has 0 radical (unpaired) electrons. The van der Waals surface area contributed by atoms with E-state index in [-0.39, 0.29) is 0 Å². The number of hydrogen-bond donors (Lipinski definition) is 0. The smallest absolute Gasteiger partial charge is 0.167 e. The zero-order chi connectivity index (χ0) is 33.9. The minimum Gasteiger partial charge on any atom is -0.456 e. The Kier molecular flexibility index (Phi) is 6.64. The summed E-state index contributed by atoms with van der Waals surface area (Å²) in [7, 11) is 0. The van der Waals surface area contributed by atoms with E-state index < -0.39 is 0 Å². The summed E-state index contributed by atoms with van der Waals surface area (Å²) in [6.45, 7) is 2.07. The molecule has 0 bridgehead atoms. The molecule has 0 amide bonds. The van der Waals surface area contributed by atoms with Gasteiger partial charge in [0.25, 0.3) is 0 Å². The van der Waals surface area contributed by atoms with Crippen LogP contribution in [0, 0.1) is 6.92 Å². The highest BCUT2D eigenvalue weighted by Crippen LogP contribution is 2.40. The van der Waals surface area contributed by atoms with Crippen LogP contribution in [0.1, 0.15) is 5.56 Å². The van der Waals surface area contributed by atoms with Crippen LogP contribution >= 0.6 is 0 Å². The molecule has 0 saturated carbocycles. The molecule has 5 nitrogen and oxygen atoms in total. The van der Waals surface area contributed by atoms with E-state index in [9.17, 15) is 0 Å². The molecule has 0 aliphatic carbocycles. The molecule has 240 valence electrons. The van der Waals surface area contributed by atoms with Gasteiger partial charge in [0.1, 0.15) is 22.3 Å². The lowest BCUT2D eigenvalue weighted by Crippen LogP contribution is -2.00. The third-order valence-electron chi connectivity index (χ3n) is 9.69. The number of nitrogens with zero attached hydrogens (tertiary/aromatic N) is 3. The number of aryl methyl sites for hydroxylation is 1. The van der Waals surface area contributed by atoms with Gasteiger partial charge in [-0.25, -0.2) is 15.0 Å². The fourth-order valence-electron chi connectivity index (χ4n) is 7.16. The van der Waals surface area contributed by atoms with Gasteiger partial charge >= 0.3 is 0 Å². The number of para-hydroxylation sites is 2. The number of rotatable bonds is 5. The number of furan rings is 2. The summed E-state index contributed by atoms with van der Waals surface area (Å²) >= 11 is 0. The molecule has 51 heavy (non-hydrogen) atoms. The van der Waals surface area contributed by atoms with Gasteiger partial charge in [0.2, 0.25) is 0 Å². The third-order valence-corrected chi connectivity index (χ3v) is 9.69. The molecule has 0 spiro atoms. The van der Waals surface area contributed by atoms with Crippen LogP contribution in [0.4, 0.5) is 0 Å². The van der Waals surface area contributed by atoms with Crippen molar-refractivity contribution in [3.05, 3.63) is 163 Å². The number of hydrogen-bond acceptors (Lipinski definition) is 5. The Hall–Kier alpha value is -6.85. The monoisotopic (exact) mass is 655 g/mol. The summed E-state index contributed by atoms with van der Waals surface area (Å²) in [4.78, 5) is 15.1. The van der Waals surface area contributed by atoms with Crippen molar-refractivity contribution in [1.29, 1.82) is 0 Å². The van der Waals surface area contributed by atoms with Crippen molar-refractivity contribution in [2.75, 3.05) is 0 Å². The Morgan fingerprint density at radius 2 is 0.961 bits per heavy atom. The van der Waals surface area contributed by atoms with Crippen molar-refractivity contribution in [3.63, 3.8) is 0 Å². The molecule has 10 aromatic rings. The maximum atomic E-state index is 6.52. The molecule has 3 heterocycles. The second-order valence-electron chi connectivity index (χ2n) is 12.8. The van der Waals surface area contributed by atoms with Crippen LogP contribution in [-0.4, -0.2) is 15.0 Å². The van der Waals surface area contributed by atoms with E-state index in [1.165, 1.54) is 11.1 Å². The molecule has 0 aliphatic rings. The highest BCUT2D eigenvalue weighted by atomic mass is 16.3. The van der Waals surface area contributed by atoms with E-state index in [1.807, 2.05) is 60.7 Å². The topological polar surface area (TPSA) is 65.0 Å². The van der Waals surface area contributed by atoms with E-state index in [2.05, 4.69) is 104 Å². The van der Waals surface area contributed by atoms with Gasteiger partial charge in [-0.2, -0.15) is 0 Å². The molecule has 0 N–H and O–H groups in total. The highest BCUT2D eigenvalue weighted by Gasteiger charge is 2.19. The van der Waals surface area contributed by atoms with Crippen LogP contribution in [-0.2, 0) is 0 Å². The first-order valence-electron chi connectivity index (χ1n) is 17.0. The lowest BCUT2D eigenvalue weighted by atomic mass is 9.96. The van der Waals surface area contributed by atoms with Crippen LogP contribution in [0.2, 0.25) is 0 Å². The van der Waals surface area contributed by atoms with E-state index in [0.717, 1.165) is 77.3 Å². The molecular formula is C46H29N3O2. The standard InChI is InChI=1S/C46H29N3O2/c1-28-11-8-17-35-36-18-9-19-38(43(36)51-42(28)35)46-48-44(32-14-6-3-7-15-32)47-45(49-46)33-25-26-37-40(27-33)50-39-20-10-16-34(41(37)39)31-23-21-30(22-24-31)29-12-4-2-5-13-29/h2-27H,1H3. The Labute approximate surface area is 293 Å². The summed E-state index contributed by atoms with van der Waals surface area (Å²) in [5, 5.41) is 4.23. The molecule has 0 aliphatic heterocycles. The van der Waals surface area contributed by atoms with E-state index in [0.29, 0.717) is 17.5 Å². The van der Waals surface area contributed by atoms with Gasteiger partial charge in [0.05, 0.1) is 5.56 Å². The highest BCUT2D eigenvalue weighted by molar-refractivity contribution is 6.13. The van der Waals surface area contributed by atoms with Crippen molar-refractivity contribution in [1.82, 2.24) is 15.0 Å². The van der Waals surface area contributed by atoms with Gasteiger partial charge < -0.3 is 8.83 Å². The summed E-state index contributed by atoms with van der Waals surface area (Å²) in [6, 6.07) is 54.0. The van der Waals surface area contributed by atoms with Crippen LogP contribution in [0.25, 0.3) is 100 Å². The SMILES string of the molecule is Cc1cccc2c1oc1c(-c3nc(-c4ccccc4)nc(-c4ccc5c(c4)oc4cccc(-c6ccc(-c7ccccc7)cc6)c45)n3)cccc12. The average Bonchev–Trinajstić information content (AvgIpc) is 3.78. The largest absolute Gasteiger partial charge is 0.456 e. The first-order chi connectivity index (χ1) is 25.2. The molecule has 3 aromatic heterocycles. The Bertz CT molecular complexity index is 2910. The molecule has 0 atom stereocenters. The zero-order valence-electron chi connectivity index (χ0n) is 27.7. The predicted molar refractivity (Wildman–Crippen MR) is 206 cm³/mol. The van der Waals surface area contributed by atoms with E-state index in [4.69, 9.17) is 23.8 Å². The zero-order valence-corrected chi connectivity index (χ0v) is 27.7. The number of benzene rings is 7. The lowest BCUT2D eigenvalue weighted by Gasteiger charge is -2.09. The molecule has 10 rings (SSSR count). The minimum absolute atomic E-state index is 0.548. The predicted octanol–water partition coefficient (Wildman–Crippen LogP) is 12.3. The fourth-order valence-corrected chi connectivity index (χ4v) is 7.16. The minimum atomic E-state index is 0.548. The second-order valence-corrected chi connectivity index (χ2v) is 12.8. The number of aromatic nitrogens is 3. The molecule has 0 fully saturated rings. The third kappa shape index (κ3) is 4.90. The van der Waals surface area contributed by atoms with Crippen molar-refractivity contribution < 1.29 is 8.83 Å². The number of fused-ring (bicyclic) bond motifs is 6. The quantitative estimate of drug-likeness (QED) is 0.185. The van der Waals surface area contributed by atoms with E-state index >= 15 is 0 Å². The van der Waals surface area contributed by atoms with Crippen molar-refractivity contribution in [2.24, 2.45) is 0 Å². The maximum absolute atomic E-state index is 6.52. The summed E-state index contributed by atoms with van der Waals surface area (Å²) in [5.74, 6) is 1.69. The van der Waals surface area contributed by atoms with Gasteiger partial charge in [-0.3, -0.25) is 0 Å². The van der Waals surface area contributed by atoms with Gasteiger partial charge in [0, 0.05) is 32.7 Å². The Morgan fingerprint density at radius 3 is 1.75 bits per heavy atom. The Morgan fingerprint density at radius 1 is 0.373 bits per heavy atom. The molecular weight excluding hydrogens is 627 g/mol. The second kappa shape index (κ2) is 11.6. The van der Waals surface area contributed by atoms with Crippen LogP contribution in [0.15, 0.2) is 167 Å². The normalized spacial score (nSPS) is 11.6. The summed E-state index contributed by atoms with van der Waals surface area (Å²) in [6.07, 6.45) is 0. The van der Waals surface area contributed by atoms with Crippen molar-refractivity contribution in [2.45, 2.75) is 6.92 Å². The van der Waals surface area contributed by atoms with Crippen LogP contribution in [0.3, 0.4) is 0 Å². The van der Waals surface area contributed by atoms with Crippen molar-refractivity contribution in [3.8, 4) is 56.4 Å². The van der Waals surface area contributed by atoms with Gasteiger partial charge in [-0.15, -0.1) is 0 Å².